The number of rotatable bonds is 6. The lowest BCUT2D eigenvalue weighted by Gasteiger charge is -2.35. The molecule has 1 aromatic heterocycles. The average molecular weight is 514 g/mol. The van der Waals surface area contributed by atoms with Crippen LogP contribution in [0.3, 0.4) is 0 Å². The predicted octanol–water partition coefficient (Wildman–Crippen LogP) is 5.11. The van der Waals surface area contributed by atoms with Crippen molar-refractivity contribution >= 4 is 34.6 Å². The van der Waals surface area contributed by atoms with E-state index in [0.29, 0.717) is 30.5 Å². The highest BCUT2D eigenvalue weighted by atomic mass is 16.6. The number of likely N-dealkylation sites (tertiary alicyclic amines) is 1. The number of carbonyl (C=O) groups is 3. The summed E-state index contributed by atoms with van der Waals surface area (Å²) in [6.45, 7) is 8.03. The number of aromatic nitrogens is 1. The Morgan fingerprint density at radius 1 is 1.08 bits per heavy atom. The molecule has 0 radical (unpaired) electrons. The molecule has 37 heavy (non-hydrogen) atoms. The molecule has 2 amide bonds. The van der Waals surface area contributed by atoms with Crippen molar-refractivity contribution in [3.8, 4) is 0 Å². The number of benzene rings is 1. The molecular weight excluding hydrogens is 474 g/mol. The molecule has 1 aromatic carbocycles. The van der Waals surface area contributed by atoms with Crippen LogP contribution in [0.1, 0.15) is 70.3 Å². The van der Waals surface area contributed by atoms with Gasteiger partial charge in [-0.05, 0) is 95.9 Å². The molecule has 1 aliphatic carbocycles. The van der Waals surface area contributed by atoms with E-state index in [4.69, 9.17) is 14.2 Å². The molecule has 2 aliphatic rings. The number of carbonyl (C=O) groups excluding carboxylic acids is 3. The Bertz CT molecular complexity index is 1130. The number of nitrogens with one attached hydrogen (secondary N) is 2. The fourth-order valence-corrected chi connectivity index (χ4v) is 5.67. The Labute approximate surface area is 218 Å². The van der Waals surface area contributed by atoms with Crippen LogP contribution in [0.4, 0.5) is 10.5 Å². The van der Waals surface area contributed by atoms with Gasteiger partial charge in [0.05, 0.1) is 12.7 Å². The first-order chi connectivity index (χ1) is 17.6. The Balaban J connectivity index is 1.55. The third-order valence-electron chi connectivity index (χ3n) is 7.38. The van der Waals surface area contributed by atoms with Gasteiger partial charge in [0.15, 0.2) is 0 Å². The van der Waals surface area contributed by atoms with Crippen LogP contribution in [0, 0.1) is 11.8 Å². The van der Waals surface area contributed by atoms with E-state index in [1.54, 1.807) is 31.1 Å². The maximum atomic E-state index is 13.7. The molecule has 1 saturated heterocycles. The molecule has 4 rings (SSSR count). The third-order valence-corrected chi connectivity index (χ3v) is 7.38. The maximum absolute atomic E-state index is 13.7. The van der Waals surface area contributed by atoms with E-state index in [9.17, 15) is 14.4 Å². The molecule has 0 bridgehead atoms. The molecule has 1 aliphatic heterocycles. The van der Waals surface area contributed by atoms with Crippen LogP contribution in [-0.4, -0.2) is 65.9 Å². The second-order valence-electron chi connectivity index (χ2n) is 11.0. The molecule has 202 valence electrons. The van der Waals surface area contributed by atoms with E-state index in [-0.39, 0.29) is 17.9 Å². The summed E-state index contributed by atoms with van der Waals surface area (Å²) >= 11 is 0. The van der Waals surface area contributed by atoms with E-state index in [2.05, 4.69) is 10.3 Å². The largest absolute Gasteiger partial charge is 0.461 e. The van der Waals surface area contributed by atoms with Crippen LogP contribution in [0.2, 0.25) is 0 Å². The highest BCUT2D eigenvalue weighted by Gasteiger charge is 2.47. The van der Waals surface area contributed by atoms with Crippen molar-refractivity contribution in [2.45, 2.75) is 77.5 Å². The number of nitrogens with zero attached hydrogens (tertiary/aromatic N) is 1. The van der Waals surface area contributed by atoms with Gasteiger partial charge in [-0.2, -0.15) is 0 Å². The van der Waals surface area contributed by atoms with Crippen molar-refractivity contribution in [2.75, 3.05) is 25.6 Å². The van der Waals surface area contributed by atoms with Crippen molar-refractivity contribution in [3.05, 3.63) is 30.0 Å². The van der Waals surface area contributed by atoms with E-state index in [1.165, 1.54) is 0 Å². The van der Waals surface area contributed by atoms with Crippen LogP contribution in [0.25, 0.3) is 10.9 Å². The highest BCUT2D eigenvalue weighted by Crippen LogP contribution is 2.40. The molecule has 9 heteroatoms. The molecule has 9 nitrogen and oxygen atoms in total. The zero-order chi connectivity index (χ0) is 26.7. The van der Waals surface area contributed by atoms with Gasteiger partial charge in [-0.15, -0.1) is 0 Å². The summed E-state index contributed by atoms with van der Waals surface area (Å²) in [5, 5.41) is 3.82. The summed E-state index contributed by atoms with van der Waals surface area (Å²) in [4.78, 5) is 43.6. The van der Waals surface area contributed by atoms with Gasteiger partial charge in [0, 0.05) is 30.2 Å². The van der Waals surface area contributed by atoms with Gasteiger partial charge >= 0.3 is 12.1 Å². The SMILES string of the molecule is CCOC(=O)c1cc2cc(NC(=O)[C@@H]3[C@@H](C4CCC(OC)CC4)CCN3C(=O)OC(C)(C)C)ccc2[nH]1. The minimum Gasteiger partial charge on any atom is -0.461 e. The Morgan fingerprint density at radius 2 is 1.81 bits per heavy atom. The molecule has 2 heterocycles. The molecular formula is C28H39N3O6. The second-order valence-corrected chi connectivity index (χ2v) is 11.0. The number of anilines is 1. The number of H-pyrrole nitrogens is 1. The van der Waals surface area contributed by atoms with Gasteiger partial charge in [-0.1, -0.05) is 0 Å². The number of ether oxygens (including phenoxy) is 3. The average Bonchev–Trinajstić information content (AvgIpc) is 3.48. The zero-order valence-electron chi connectivity index (χ0n) is 22.5. The highest BCUT2D eigenvalue weighted by molar-refractivity contribution is 6.00. The first-order valence-electron chi connectivity index (χ1n) is 13.2. The summed E-state index contributed by atoms with van der Waals surface area (Å²) in [5.41, 5.74) is 1.08. The molecule has 0 unspecified atom stereocenters. The summed E-state index contributed by atoms with van der Waals surface area (Å²) < 4.78 is 16.3. The van der Waals surface area contributed by atoms with Gasteiger partial charge in [0.25, 0.3) is 0 Å². The lowest BCUT2D eigenvalue weighted by molar-refractivity contribution is -0.122. The van der Waals surface area contributed by atoms with Gasteiger partial charge in [-0.3, -0.25) is 9.69 Å². The van der Waals surface area contributed by atoms with Crippen molar-refractivity contribution in [1.29, 1.82) is 0 Å². The van der Waals surface area contributed by atoms with Gasteiger partial charge in [-0.25, -0.2) is 9.59 Å². The van der Waals surface area contributed by atoms with Crippen LogP contribution in [-0.2, 0) is 19.0 Å². The minimum absolute atomic E-state index is 0.0525. The van der Waals surface area contributed by atoms with Crippen molar-refractivity contribution in [3.63, 3.8) is 0 Å². The Kier molecular flexibility index (Phi) is 8.11. The molecule has 2 atom stereocenters. The van der Waals surface area contributed by atoms with E-state index in [1.807, 2.05) is 32.9 Å². The van der Waals surface area contributed by atoms with Crippen LogP contribution < -0.4 is 5.32 Å². The third kappa shape index (κ3) is 6.26. The lowest BCUT2D eigenvalue weighted by atomic mass is 9.75. The Hall–Kier alpha value is -3.07. The molecule has 2 aromatic rings. The van der Waals surface area contributed by atoms with Gasteiger partial charge < -0.3 is 24.5 Å². The zero-order valence-corrected chi connectivity index (χ0v) is 22.5. The standard InChI is InChI=1S/C28H39N3O6/c1-6-36-26(33)23-16-18-15-19(9-12-22(18)30-23)29-25(32)24-21(17-7-10-20(35-5)11-8-17)13-14-31(24)27(34)37-28(2,3)4/h9,12,15-17,20-21,24,30H,6-8,10-11,13-14H2,1-5H3,(H,29,32)/t17?,20?,21-,24+/m1/s1. The summed E-state index contributed by atoms with van der Waals surface area (Å²) in [6.07, 6.45) is 4.44. The van der Waals surface area contributed by atoms with Crippen LogP contribution in [0.15, 0.2) is 24.3 Å². The topological polar surface area (TPSA) is 110 Å². The number of amides is 2. The normalized spacial score (nSPS) is 24.2. The monoisotopic (exact) mass is 513 g/mol. The number of hydrogen-bond acceptors (Lipinski definition) is 6. The number of aromatic amines is 1. The summed E-state index contributed by atoms with van der Waals surface area (Å²) in [6, 6.07) is 6.52. The molecule has 1 saturated carbocycles. The van der Waals surface area contributed by atoms with Gasteiger partial charge in [0.2, 0.25) is 5.91 Å². The number of esters is 1. The lowest BCUT2D eigenvalue weighted by Crippen LogP contribution is -2.49. The molecule has 2 fully saturated rings. The van der Waals surface area contributed by atoms with E-state index < -0.39 is 23.7 Å². The van der Waals surface area contributed by atoms with Crippen molar-refractivity contribution < 1.29 is 28.6 Å². The van der Waals surface area contributed by atoms with Gasteiger partial charge in [0.1, 0.15) is 17.3 Å². The summed E-state index contributed by atoms with van der Waals surface area (Å²) in [7, 11) is 1.75. The smallest absolute Gasteiger partial charge is 0.410 e. The Morgan fingerprint density at radius 3 is 2.46 bits per heavy atom. The second kappa shape index (κ2) is 11.1. The predicted molar refractivity (Wildman–Crippen MR) is 140 cm³/mol. The maximum Gasteiger partial charge on any atom is 0.410 e. The quantitative estimate of drug-likeness (QED) is 0.519. The first-order valence-corrected chi connectivity index (χ1v) is 13.2. The number of hydrogen-bond donors (Lipinski definition) is 2. The van der Waals surface area contributed by atoms with E-state index >= 15 is 0 Å². The van der Waals surface area contributed by atoms with E-state index in [0.717, 1.165) is 43.0 Å². The molecule has 0 spiro atoms. The minimum atomic E-state index is -0.650. The van der Waals surface area contributed by atoms with Crippen molar-refractivity contribution in [2.24, 2.45) is 11.8 Å². The number of methoxy groups -OCH3 is 1. The molecule has 2 N–H and O–H groups in total. The summed E-state index contributed by atoms with van der Waals surface area (Å²) in [5.74, 6) is -0.248. The fraction of sp³-hybridized carbons (Fsp3) is 0.607. The van der Waals surface area contributed by atoms with Crippen LogP contribution in [0.5, 0.6) is 0 Å². The first kappa shape index (κ1) is 27.0. The van der Waals surface area contributed by atoms with Crippen molar-refractivity contribution in [1.82, 2.24) is 9.88 Å². The van der Waals surface area contributed by atoms with Crippen LogP contribution >= 0.6 is 0 Å². The number of fused-ring (bicyclic) bond motifs is 1. The fourth-order valence-electron chi connectivity index (χ4n) is 5.67.